The normalized spacial score (nSPS) is 30.7. The summed E-state index contributed by atoms with van der Waals surface area (Å²) < 4.78 is 5.92. The highest BCUT2D eigenvalue weighted by atomic mass is 16.5. The second-order valence-electron chi connectivity index (χ2n) is 5.12. The Bertz CT molecular complexity index is 266. The Morgan fingerprint density at radius 1 is 1.33 bits per heavy atom. The molecule has 0 N–H and O–H groups in total. The molecular formula is C13H22O2. The maximum atomic E-state index is 12.0. The molecule has 0 radical (unpaired) electrons. The minimum atomic E-state index is -0.604. The van der Waals surface area contributed by atoms with Crippen LogP contribution in [0, 0.1) is 0 Å². The maximum Gasteiger partial charge on any atom is 0.186 e. The first-order valence-corrected chi connectivity index (χ1v) is 5.81. The molecule has 0 bridgehead atoms. The van der Waals surface area contributed by atoms with Gasteiger partial charge in [-0.25, -0.2) is 0 Å². The molecule has 2 nitrogen and oxygen atoms in total. The predicted molar refractivity (Wildman–Crippen MR) is 61.9 cm³/mol. The summed E-state index contributed by atoms with van der Waals surface area (Å²) in [6, 6.07) is 0. The highest BCUT2D eigenvalue weighted by Gasteiger charge is 2.41. The van der Waals surface area contributed by atoms with Crippen LogP contribution in [-0.2, 0) is 9.53 Å². The average Bonchev–Trinajstić information content (AvgIpc) is 2.12. The molecule has 1 fully saturated rings. The molecular weight excluding hydrogens is 188 g/mol. The van der Waals surface area contributed by atoms with Crippen LogP contribution in [0.2, 0.25) is 0 Å². The summed E-state index contributed by atoms with van der Waals surface area (Å²) in [4.78, 5) is 12.0. The number of carbonyl (C=O) groups is 1. The number of ketones is 1. The Morgan fingerprint density at radius 2 is 2.00 bits per heavy atom. The van der Waals surface area contributed by atoms with Gasteiger partial charge in [0.05, 0.1) is 5.60 Å². The van der Waals surface area contributed by atoms with Gasteiger partial charge in [0, 0.05) is 0 Å². The molecule has 0 aromatic heterocycles. The van der Waals surface area contributed by atoms with E-state index in [0.717, 1.165) is 25.7 Å². The molecule has 86 valence electrons. The summed E-state index contributed by atoms with van der Waals surface area (Å²) in [7, 11) is 0. The van der Waals surface area contributed by atoms with Crippen LogP contribution in [0.4, 0.5) is 0 Å². The third-order valence-corrected chi connectivity index (χ3v) is 2.96. The van der Waals surface area contributed by atoms with Crippen molar-refractivity contribution < 1.29 is 9.53 Å². The zero-order chi connectivity index (χ0) is 11.5. The van der Waals surface area contributed by atoms with Gasteiger partial charge < -0.3 is 4.74 Å². The first kappa shape index (κ1) is 12.4. The topological polar surface area (TPSA) is 26.3 Å². The van der Waals surface area contributed by atoms with Gasteiger partial charge in [-0.2, -0.15) is 0 Å². The van der Waals surface area contributed by atoms with E-state index in [9.17, 15) is 4.79 Å². The molecule has 1 rings (SSSR count). The second-order valence-corrected chi connectivity index (χ2v) is 5.12. The van der Waals surface area contributed by atoms with Crippen molar-refractivity contribution in [3.05, 3.63) is 12.2 Å². The van der Waals surface area contributed by atoms with Gasteiger partial charge in [0.2, 0.25) is 0 Å². The van der Waals surface area contributed by atoms with E-state index in [-0.39, 0.29) is 11.4 Å². The minimum Gasteiger partial charge on any atom is -0.361 e. The van der Waals surface area contributed by atoms with E-state index in [1.165, 1.54) is 0 Å². The molecule has 0 saturated carbocycles. The van der Waals surface area contributed by atoms with Gasteiger partial charge in [0.15, 0.2) is 5.78 Å². The van der Waals surface area contributed by atoms with Crippen LogP contribution in [-0.4, -0.2) is 17.0 Å². The molecule has 1 atom stereocenters. The van der Waals surface area contributed by atoms with Crippen molar-refractivity contribution in [2.45, 2.75) is 64.6 Å². The molecule has 2 heteroatoms. The third kappa shape index (κ3) is 3.16. The molecule has 1 unspecified atom stereocenters. The fourth-order valence-corrected chi connectivity index (χ4v) is 2.14. The van der Waals surface area contributed by atoms with Crippen LogP contribution in [0.5, 0.6) is 0 Å². The summed E-state index contributed by atoms with van der Waals surface area (Å²) in [5, 5.41) is 0. The number of ether oxygens (including phenoxy) is 1. The molecule has 0 aromatic rings. The van der Waals surface area contributed by atoms with Gasteiger partial charge in [0.1, 0.15) is 5.60 Å². The lowest BCUT2D eigenvalue weighted by atomic mass is 9.85. The molecule has 1 heterocycles. The van der Waals surface area contributed by atoms with E-state index in [4.69, 9.17) is 4.74 Å². The quantitative estimate of drug-likeness (QED) is 0.668. The number of hydrogen-bond acceptors (Lipinski definition) is 2. The zero-order valence-electron chi connectivity index (χ0n) is 10.3. The van der Waals surface area contributed by atoms with E-state index in [2.05, 4.69) is 13.8 Å². The SMILES string of the molecule is CCC=CC(=O)C1(C)CCCC(C)(C)O1. The van der Waals surface area contributed by atoms with E-state index >= 15 is 0 Å². The zero-order valence-corrected chi connectivity index (χ0v) is 10.3. The molecule has 0 spiro atoms. The first-order valence-electron chi connectivity index (χ1n) is 5.81. The summed E-state index contributed by atoms with van der Waals surface area (Å²) in [6.45, 7) is 8.05. The number of hydrogen-bond donors (Lipinski definition) is 0. The van der Waals surface area contributed by atoms with Crippen molar-refractivity contribution in [1.82, 2.24) is 0 Å². The summed E-state index contributed by atoms with van der Waals surface area (Å²) in [6.07, 6.45) is 7.40. The predicted octanol–water partition coefficient (Wildman–Crippen LogP) is 3.26. The highest BCUT2D eigenvalue weighted by Crippen LogP contribution is 2.35. The molecule has 1 aliphatic heterocycles. The van der Waals surface area contributed by atoms with Crippen molar-refractivity contribution in [2.24, 2.45) is 0 Å². The monoisotopic (exact) mass is 210 g/mol. The van der Waals surface area contributed by atoms with Crippen LogP contribution < -0.4 is 0 Å². The Balaban J connectivity index is 2.73. The lowest BCUT2D eigenvalue weighted by Gasteiger charge is -2.41. The molecule has 0 aliphatic carbocycles. The van der Waals surface area contributed by atoms with Gasteiger partial charge in [-0.1, -0.05) is 13.0 Å². The fraction of sp³-hybridized carbons (Fsp3) is 0.769. The largest absolute Gasteiger partial charge is 0.361 e. The van der Waals surface area contributed by atoms with Crippen molar-refractivity contribution in [3.8, 4) is 0 Å². The Morgan fingerprint density at radius 3 is 2.53 bits per heavy atom. The summed E-state index contributed by atoms with van der Waals surface area (Å²) >= 11 is 0. The van der Waals surface area contributed by atoms with Crippen molar-refractivity contribution in [2.75, 3.05) is 0 Å². The lowest BCUT2D eigenvalue weighted by molar-refractivity contribution is -0.176. The number of allylic oxidation sites excluding steroid dienone is 1. The first-order chi connectivity index (χ1) is 6.90. The van der Waals surface area contributed by atoms with Crippen molar-refractivity contribution >= 4 is 5.78 Å². The molecule has 0 aromatic carbocycles. The van der Waals surface area contributed by atoms with Crippen LogP contribution in [0.1, 0.15) is 53.4 Å². The van der Waals surface area contributed by atoms with Gasteiger partial charge in [-0.15, -0.1) is 0 Å². The van der Waals surface area contributed by atoms with Crippen LogP contribution in [0.3, 0.4) is 0 Å². The van der Waals surface area contributed by atoms with E-state index in [1.54, 1.807) is 6.08 Å². The molecule has 15 heavy (non-hydrogen) atoms. The van der Waals surface area contributed by atoms with Gasteiger partial charge in [0.25, 0.3) is 0 Å². The molecule has 1 saturated heterocycles. The summed E-state index contributed by atoms with van der Waals surface area (Å²) in [5.41, 5.74) is -0.768. The third-order valence-electron chi connectivity index (χ3n) is 2.96. The average molecular weight is 210 g/mol. The van der Waals surface area contributed by atoms with Gasteiger partial charge in [-0.3, -0.25) is 4.79 Å². The highest BCUT2D eigenvalue weighted by molar-refractivity contribution is 5.96. The second kappa shape index (κ2) is 4.48. The lowest BCUT2D eigenvalue weighted by Crippen LogP contribution is -2.48. The number of rotatable bonds is 3. The minimum absolute atomic E-state index is 0.108. The Hall–Kier alpha value is -0.630. The van der Waals surface area contributed by atoms with Gasteiger partial charge in [-0.05, 0) is 52.5 Å². The maximum absolute atomic E-state index is 12.0. The van der Waals surface area contributed by atoms with Crippen molar-refractivity contribution in [1.29, 1.82) is 0 Å². The van der Waals surface area contributed by atoms with Crippen molar-refractivity contribution in [3.63, 3.8) is 0 Å². The summed E-state index contributed by atoms with van der Waals surface area (Å²) in [5.74, 6) is 0.108. The standard InChI is InChI=1S/C13H22O2/c1-5-6-8-11(14)13(4)10-7-9-12(2,3)15-13/h6,8H,5,7,9-10H2,1-4H3. The Labute approximate surface area is 92.7 Å². The smallest absolute Gasteiger partial charge is 0.186 e. The van der Waals surface area contributed by atoms with Crippen LogP contribution in [0.25, 0.3) is 0 Å². The van der Waals surface area contributed by atoms with E-state index < -0.39 is 5.60 Å². The van der Waals surface area contributed by atoms with E-state index in [0.29, 0.717) is 0 Å². The fourth-order valence-electron chi connectivity index (χ4n) is 2.14. The number of carbonyl (C=O) groups excluding carboxylic acids is 1. The van der Waals surface area contributed by atoms with Gasteiger partial charge >= 0.3 is 0 Å². The Kier molecular flexibility index (Phi) is 3.72. The van der Waals surface area contributed by atoms with E-state index in [1.807, 2.05) is 19.9 Å². The molecule has 1 aliphatic rings. The van der Waals surface area contributed by atoms with Crippen LogP contribution >= 0.6 is 0 Å². The molecule has 0 amide bonds. The van der Waals surface area contributed by atoms with Crippen LogP contribution in [0.15, 0.2) is 12.2 Å².